The molecule has 0 saturated carbocycles. The van der Waals surface area contributed by atoms with Gasteiger partial charge in [0.25, 0.3) is 11.1 Å². The Bertz CT molecular complexity index is 858. The molecular weight excluding hydrogens is 440 g/mol. The highest BCUT2D eigenvalue weighted by Crippen LogP contribution is 2.28. The van der Waals surface area contributed by atoms with Gasteiger partial charge in [-0.1, -0.05) is 41.1 Å². The van der Waals surface area contributed by atoms with Crippen LogP contribution in [-0.2, 0) is 6.61 Å². The summed E-state index contributed by atoms with van der Waals surface area (Å²) in [5.41, 5.74) is 1.18. The van der Waals surface area contributed by atoms with Gasteiger partial charge in [0.2, 0.25) is 0 Å². The van der Waals surface area contributed by atoms with E-state index in [-0.39, 0.29) is 6.61 Å². The Balaban J connectivity index is 1.41. The van der Waals surface area contributed by atoms with Crippen molar-refractivity contribution in [2.24, 2.45) is 0 Å². The zero-order valence-corrected chi connectivity index (χ0v) is 17.1. The van der Waals surface area contributed by atoms with Gasteiger partial charge in [-0.3, -0.25) is 0 Å². The summed E-state index contributed by atoms with van der Waals surface area (Å²) in [5.74, 6) is 2.63. The first-order chi connectivity index (χ1) is 12.6. The van der Waals surface area contributed by atoms with Crippen LogP contribution in [0.25, 0.3) is 0 Å². The second-order valence-corrected chi connectivity index (χ2v) is 7.67. The summed E-state index contributed by atoms with van der Waals surface area (Å²) >= 11 is 10.8. The quantitative estimate of drug-likeness (QED) is 0.328. The molecule has 0 N–H and O–H groups in total. The van der Waals surface area contributed by atoms with E-state index in [4.69, 9.17) is 25.5 Å². The van der Waals surface area contributed by atoms with Gasteiger partial charge < -0.3 is 13.9 Å². The average molecular weight is 456 g/mol. The van der Waals surface area contributed by atoms with Gasteiger partial charge in [0.05, 0.1) is 11.1 Å². The lowest BCUT2D eigenvalue weighted by Crippen LogP contribution is -2.00. The van der Waals surface area contributed by atoms with Crippen LogP contribution in [-0.4, -0.2) is 22.6 Å². The van der Waals surface area contributed by atoms with Crippen LogP contribution in [0.15, 0.2) is 56.6 Å². The van der Waals surface area contributed by atoms with E-state index in [0.717, 1.165) is 16.0 Å². The second kappa shape index (κ2) is 9.30. The smallest absolute Gasteiger partial charge is 0.276 e. The molecule has 0 aliphatic rings. The molecule has 0 radical (unpaired) electrons. The summed E-state index contributed by atoms with van der Waals surface area (Å²) < 4.78 is 17.7. The summed E-state index contributed by atoms with van der Waals surface area (Å²) in [6.45, 7) is 2.77. The van der Waals surface area contributed by atoms with Gasteiger partial charge in [0.15, 0.2) is 6.61 Å². The number of rotatable bonds is 8. The maximum absolute atomic E-state index is 5.90. The fourth-order valence-electron chi connectivity index (χ4n) is 2.01. The van der Waals surface area contributed by atoms with Gasteiger partial charge in [0.1, 0.15) is 11.5 Å². The van der Waals surface area contributed by atoms with E-state index < -0.39 is 0 Å². The Labute approximate surface area is 169 Å². The lowest BCUT2D eigenvalue weighted by Gasteiger charge is -2.07. The fraction of sp³-hybridized carbons (Fsp3) is 0.222. The molecular formula is C18H16BrClN2O3S. The van der Waals surface area contributed by atoms with Crippen LogP contribution in [0, 0.1) is 6.92 Å². The van der Waals surface area contributed by atoms with Gasteiger partial charge in [-0.25, -0.2) is 0 Å². The van der Waals surface area contributed by atoms with Crippen molar-refractivity contribution < 1.29 is 13.9 Å². The van der Waals surface area contributed by atoms with Crippen molar-refractivity contribution in [3.63, 3.8) is 0 Å². The zero-order valence-electron chi connectivity index (χ0n) is 13.9. The molecule has 0 bridgehead atoms. The summed E-state index contributed by atoms with van der Waals surface area (Å²) in [5, 5.41) is 9.13. The van der Waals surface area contributed by atoms with E-state index in [0.29, 0.717) is 28.5 Å². The van der Waals surface area contributed by atoms with Crippen molar-refractivity contribution in [1.82, 2.24) is 10.2 Å². The molecule has 3 aromatic rings. The monoisotopic (exact) mass is 454 g/mol. The molecule has 136 valence electrons. The summed E-state index contributed by atoms with van der Waals surface area (Å²) in [6.07, 6.45) is 0. The van der Waals surface area contributed by atoms with Crippen molar-refractivity contribution >= 4 is 39.3 Å². The van der Waals surface area contributed by atoms with Crippen LogP contribution in [0.5, 0.6) is 11.5 Å². The third kappa shape index (κ3) is 5.65. The van der Waals surface area contributed by atoms with Crippen molar-refractivity contribution in [2.45, 2.75) is 18.8 Å². The van der Waals surface area contributed by atoms with Crippen molar-refractivity contribution in [3.8, 4) is 11.5 Å². The minimum atomic E-state index is 0.241. The molecule has 5 nitrogen and oxygen atoms in total. The summed E-state index contributed by atoms with van der Waals surface area (Å²) in [6, 6.07) is 13.2. The van der Waals surface area contributed by atoms with Crippen LogP contribution >= 0.6 is 39.3 Å². The number of hydrogen-bond donors (Lipinski definition) is 0. The molecule has 26 heavy (non-hydrogen) atoms. The Hall–Kier alpha value is -1.70. The van der Waals surface area contributed by atoms with Crippen LogP contribution in [0.1, 0.15) is 11.5 Å². The number of ether oxygens (including phenoxy) is 2. The molecule has 8 heteroatoms. The first-order valence-electron chi connectivity index (χ1n) is 7.82. The van der Waals surface area contributed by atoms with Crippen LogP contribution in [0.4, 0.5) is 0 Å². The van der Waals surface area contributed by atoms with E-state index in [1.165, 1.54) is 17.3 Å². The maximum Gasteiger partial charge on any atom is 0.276 e. The molecule has 2 aromatic carbocycles. The molecule has 0 fully saturated rings. The first-order valence-corrected chi connectivity index (χ1v) is 9.98. The molecule has 0 atom stereocenters. The SMILES string of the molecule is Cc1ccc(OCc2nnc(SCCOc3ccc(Cl)cc3Br)o2)cc1. The van der Waals surface area contributed by atoms with Gasteiger partial charge in [-0.15, -0.1) is 10.2 Å². The molecule has 0 unspecified atom stereocenters. The summed E-state index contributed by atoms with van der Waals surface area (Å²) in [4.78, 5) is 0. The number of aryl methyl sites for hydroxylation is 1. The highest BCUT2D eigenvalue weighted by molar-refractivity contribution is 9.10. The molecule has 1 heterocycles. The minimum Gasteiger partial charge on any atom is -0.492 e. The third-order valence-corrected chi connectivity index (χ3v) is 4.93. The van der Waals surface area contributed by atoms with Crippen molar-refractivity contribution in [2.75, 3.05) is 12.4 Å². The highest BCUT2D eigenvalue weighted by atomic mass is 79.9. The third-order valence-electron chi connectivity index (χ3n) is 3.29. The number of halogens is 2. The average Bonchev–Trinajstić information content (AvgIpc) is 3.07. The Morgan fingerprint density at radius 1 is 1.12 bits per heavy atom. The van der Waals surface area contributed by atoms with Gasteiger partial charge >= 0.3 is 0 Å². The zero-order chi connectivity index (χ0) is 18.4. The maximum atomic E-state index is 5.90. The van der Waals surface area contributed by atoms with E-state index in [2.05, 4.69) is 26.1 Å². The Morgan fingerprint density at radius 3 is 2.69 bits per heavy atom. The summed E-state index contributed by atoms with van der Waals surface area (Å²) in [7, 11) is 0. The highest BCUT2D eigenvalue weighted by Gasteiger charge is 2.08. The standard InChI is InChI=1S/C18H16BrClN2O3S/c1-12-2-5-14(6-3-12)24-11-17-21-22-18(25-17)26-9-8-23-16-7-4-13(20)10-15(16)19/h2-7,10H,8-9,11H2,1H3. The predicted octanol–water partition coefficient (Wildman–Crippen LogP) is 5.54. The van der Waals surface area contributed by atoms with Crippen molar-refractivity contribution in [3.05, 3.63) is 63.4 Å². The molecule has 1 aromatic heterocycles. The van der Waals surface area contributed by atoms with Crippen LogP contribution < -0.4 is 9.47 Å². The second-order valence-electron chi connectivity index (χ2n) is 5.34. The first kappa shape index (κ1) is 19.1. The largest absolute Gasteiger partial charge is 0.492 e. The van der Waals surface area contributed by atoms with E-state index >= 15 is 0 Å². The lowest BCUT2D eigenvalue weighted by atomic mass is 10.2. The van der Waals surface area contributed by atoms with Crippen molar-refractivity contribution in [1.29, 1.82) is 0 Å². The van der Waals surface area contributed by atoms with Crippen LogP contribution in [0.2, 0.25) is 5.02 Å². The number of nitrogens with zero attached hydrogens (tertiary/aromatic N) is 2. The van der Waals surface area contributed by atoms with Gasteiger partial charge in [0, 0.05) is 10.8 Å². The molecule has 0 spiro atoms. The lowest BCUT2D eigenvalue weighted by molar-refractivity contribution is 0.252. The number of benzene rings is 2. The predicted molar refractivity (Wildman–Crippen MR) is 105 cm³/mol. The van der Waals surface area contributed by atoms with E-state index in [1.54, 1.807) is 12.1 Å². The Morgan fingerprint density at radius 2 is 1.92 bits per heavy atom. The number of aromatic nitrogens is 2. The van der Waals surface area contributed by atoms with Gasteiger partial charge in [-0.05, 0) is 53.2 Å². The van der Waals surface area contributed by atoms with Gasteiger partial charge in [-0.2, -0.15) is 0 Å². The molecule has 0 aliphatic carbocycles. The number of thioether (sulfide) groups is 1. The van der Waals surface area contributed by atoms with E-state index in [1.807, 2.05) is 37.3 Å². The molecule has 0 aliphatic heterocycles. The molecule has 3 rings (SSSR count). The van der Waals surface area contributed by atoms with Crippen LogP contribution in [0.3, 0.4) is 0 Å². The minimum absolute atomic E-state index is 0.241. The topological polar surface area (TPSA) is 57.4 Å². The van der Waals surface area contributed by atoms with E-state index in [9.17, 15) is 0 Å². The normalized spacial score (nSPS) is 10.7. The fourth-order valence-corrected chi connectivity index (χ4v) is 3.40. The number of hydrogen-bond acceptors (Lipinski definition) is 6. The molecule has 0 saturated heterocycles. The molecule has 0 amide bonds. The Kier molecular flexibility index (Phi) is 6.82.